The van der Waals surface area contributed by atoms with E-state index in [9.17, 15) is 13.2 Å². The van der Waals surface area contributed by atoms with Gasteiger partial charge >= 0.3 is 6.36 Å². The molecule has 0 aliphatic rings. The number of likely N-dealkylation sites (N-methyl/N-ethyl adjacent to an activating group) is 1. The van der Waals surface area contributed by atoms with Crippen LogP contribution < -0.4 is 25.6 Å². The van der Waals surface area contributed by atoms with Crippen LogP contribution in [-0.2, 0) is 13.6 Å². The number of hydrogen-bond donors (Lipinski definition) is 3. The predicted octanol–water partition coefficient (Wildman–Crippen LogP) is 4.33. The molecular weight excluding hydrogens is 527 g/mol. The summed E-state index contributed by atoms with van der Waals surface area (Å²) in [5.41, 5.74) is 3.30. The van der Waals surface area contributed by atoms with Gasteiger partial charge in [0.1, 0.15) is 17.1 Å². The Morgan fingerprint density at radius 1 is 1.00 bits per heavy atom. The van der Waals surface area contributed by atoms with Crippen LogP contribution in [0.2, 0.25) is 0 Å². The van der Waals surface area contributed by atoms with Gasteiger partial charge in [0.05, 0.1) is 30.3 Å². The van der Waals surface area contributed by atoms with Gasteiger partial charge in [0.15, 0.2) is 5.65 Å². The molecule has 0 radical (unpaired) electrons. The van der Waals surface area contributed by atoms with Crippen molar-refractivity contribution in [2.75, 3.05) is 36.2 Å². The van der Waals surface area contributed by atoms with Crippen molar-refractivity contribution in [3.63, 3.8) is 0 Å². The molecule has 0 bridgehead atoms. The summed E-state index contributed by atoms with van der Waals surface area (Å²) in [6.07, 6.45) is 2.21. The second kappa shape index (κ2) is 11.1. The molecule has 1 aromatic carbocycles. The van der Waals surface area contributed by atoms with Gasteiger partial charge in [0, 0.05) is 38.7 Å². The van der Waals surface area contributed by atoms with Crippen molar-refractivity contribution in [2.45, 2.75) is 12.9 Å². The number of alkyl halides is 3. The Bertz CT molecular complexity index is 1600. The van der Waals surface area contributed by atoms with Crippen LogP contribution in [-0.4, -0.2) is 61.3 Å². The number of hydrogen-bond acceptors (Lipinski definition) is 10. The minimum atomic E-state index is -4.75. The normalized spacial score (nSPS) is 11.6. The first kappa shape index (κ1) is 26.7. The third-order valence-corrected chi connectivity index (χ3v) is 5.89. The van der Waals surface area contributed by atoms with Gasteiger partial charge in [-0.1, -0.05) is 0 Å². The standard InChI is InChI=1S/C25H26F3N11O/c1-29-10-11-39-15-17(13-32-39)33-23-30-9-8-21(36-23)37(2)18-12-20-22(31-14-18)38(3)24(35-20)34-16-4-6-19(7-5-16)40-25(26,27)28/h4-9,12-15,29H,10-11H2,1-3H3,(H,34,35)(H,30,33,36). The number of halogens is 3. The van der Waals surface area contributed by atoms with Crippen molar-refractivity contribution in [2.24, 2.45) is 7.05 Å². The lowest BCUT2D eigenvalue weighted by Crippen LogP contribution is -2.17. The predicted molar refractivity (Wildman–Crippen MR) is 144 cm³/mol. The fourth-order valence-corrected chi connectivity index (χ4v) is 3.86. The van der Waals surface area contributed by atoms with E-state index in [1.54, 1.807) is 36.3 Å². The van der Waals surface area contributed by atoms with E-state index in [0.717, 1.165) is 24.5 Å². The molecule has 0 fully saturated rings. The number of imidazole rings is 1. The number of ether oxygens (including phenoxy) is 1. The van der Waals surface area contributed by atoms with E-state index in [2.05, 4.69) is 45.7 Å². The van der Waals surface area contributed by atoms with Crippen LogP contribution in [0.1, 0.15) is 0 Å². The zero-order valence-corrected chi connectivity index (χ0v) is 21.8. The van der Waals surface area contributed by atoms with Gasteiger partial charge in [-0.3, -0.25) is 9.25 Å². The minimum absolute atomic E-state index is 0.305. The summed E-state index contributed by atoms with van der Waals surface area (Å²) in [5, 5.41) is 13.7. The molecule has 0 atom stereocenters. The molecule has 4 heterocycles. The summed E-state index contributed by atoms with van der Waals surface area (Å²) < 4.78 is 44.8. The van der Waals surface area contributed by atoms with E-state index in [4.69, 9.17) is 0 Å². The number of benzene rings is 1. The van der Waals surface area contributed by atoms with Crippen molar-refractivity contribution in [1.29, 1.82) is 0 Å². The topological polar surface area (TPSA) is 123 Å². The lowest BCUT2D eigenvalue weighted by Gasteiger charge is -2.18. The highest BCUT2D eigenvalue weighted by Crippen LogP contribution is 2.28. The zero-order valence-electron chi connectivity index (χ0n) is 21.8. The summed E-state index contributed by atoms with van der Waals surface area (Å²) in [6, 6.07) is 9.05. The Hall–Kier alpha value is -4.92. The van der Waals surface area contributed by atoms with Crippen LogP contribution in [0.5, 0.6) is 5.75 Å². The second-order valence-electron chi connectivity index (χ2n) is 8.75. The Morgan fingerprint density at radius 2 is 1.80 bits per heavy atom. The fraction of sp³-hybridized carbons (Fsp3) is 0.240. The van der Waals surface area contributed by atoms with Gasteiger partial charge in [-0.2, -0.15) is 10.1 Å². The molecule has 5 rings (SSSR count). The fourth-order valence-electron chi connectivity index (χ4n) is 3.86. The maximum atomic E-state index is 12.4. The van der Waals surface area contributed by atoms with Crippen LogP contribution >= 0.6 is 0 Å². The molecule has 0 aliphatic heterocycles. The molecule has 0 unspecified atom stereocenters. The van der Waals surface area contributed by atoms with Gasteiger partial charge in [-0.25, -0.2) is 15.0 Å². The van der Waals surface area contributed by atoms with Crippen molar-refractivity contribution in [3.8, 4) is 5.75 Å². The van der Waals surface area contributed by atoms with Gasteiger partial charge in [0.25, 0.3) is 0 Å². The van der Waals surface area contributed by atoms with Crippen LogP contribution in [0.3, 0.4) is 0 Å². The Balaban J connectivity index is 1.31. The third-order valence-electron chi connectivity index (χ3n) is 5.89. The number of anilines is 6. The number of fused-ring (bicyclic) bond motifs is 1. The quantitative estimate of drug-likeness (QED) is 0.230. The molecule has 0 amide bonds. The number of rotatable bonds is 10. The van der Waals surface area contributed by atoms with Crippen LogP contribution in [0, 0.1) is 0 Å². The number of aryl methyl sites for hydroxylation is 1. The smallest absolute Gasteiger partial charge is 0.406 e. The van der Waals surface area contributed by atoms with Crippen LogP contribution in [0.4, 0.5) is 47.9 Å². The molecular formula is C25H26F3N11O. The molecule has 0 aliphatic carbocycles. The zero-order chi connectivity index (χ0) is 28.3. The second-order valence-corrected chi connectivity index (χ2v) is 8.75. The molecule has 4 aromatic heterocycles. The first-order valence-electron chi connectivity index (χ1n) is 12.1. The maximum absolute atomic E-state index is 12.4. The molecule has 3 N–H and O–H groups in total. The maximum Gasteiger partial charge on any atom is 0.573 e. The number of aromatic nitrogens is 7. The lowest BCUT2D eigenvalue weighted by molar-refractivity contribution is -0.274. The lowest BCUT2D eigenvalue weighted by atomic mass is 10.3. The SMILES string of the molecule is CNCCn1cc(Nc2nccc(N(C)c3cnc4c(c3)nc(Nc3ccc(OC(F)(F)F)cc3)n4C)n2)cn1. The van der Waals surface area contributed by atoms with E-state index in [1.807, 2.05) is 35.9 Å². The Morgan fingerprint density at radius 3 is 2.55 bits per heavy atom. The highest BCUT2D eigenvalue weighted by molar-refractivity contribution is 5.80. The highest BCUT2D eigenvalue weighted by Gasteiger charge is 2.31. The van der Waals surface area contributed by atoms with Crippen LogP contribution in [0.15, 0.2) is 61.2 Å². The average Bonchev–Trinajstić information content (AvgIpc) is 3.50. The van der Waals surface area contributed by atoms with E-state index in [-0.39, 0.29) is 5.75 Å². The third kappa shape index (κ3) is 6.20. The summed E-state index contributed by atoms with van der Waals surface area (Å²) in [7, 11) is 5.54. The van der Waals surface area contributed by atoms with Gasteiger partial charge in [0.2, 0.25) is 11.9 Å². The number of nitrogens with zero attached hydrogens (tertiary/aromatic N) is 8. The van der Waals surface area contributed by atoms with E-state index < -0.39 is 6.36 Å². The van der Waals surface area contributed by atoms with E-state index >= 15 is 0 Å². The Kier molecular flexibility index (Phi) is 7.37. The van der Waals surface area contributed by atoms with Gasteiger partial charge < -0.3 is 25.6 Å². The first-order valence-corrected chi connectivity index (χ1v) is 12.1. The number of pyridine rings is 1. The van der Waals surface area contributed by atoms with Gasteiger partial charge in [-0.15, -0.1) is 13.2 Å². The van der Waals surface area contributed by atoms with Crippen molar-refractivity contribution in [3.05, 3.63) is 61.2 Å². The monoisotopic (exact) mass is 553 g/mol. The van der Waals surface area contributed by atoms with Crippen LogP contribution in [0.25, 0.3) is 11.2 Å². The molecule has 0 saturated heterocycles. The summed E-state index contributed by atoms with van der Waals surface area (Å²) in [6.45, 7) is 1.54. The number of nitrogens with one attached hydrogen (secondary N) is 3. The van der Waals surface area contributed by atoms with Crippen molar-refractivity contribution >= 4 is 45.9 Å². The van der Waals surface area contributed by atoms with Crippen molar-refractivity contribution in [1.82, 2.24) is 39.6 Å². The highest BCUT2D eigenvalue weighted by atomic mass is 19.4. The van der Waals surface area contributed by atoms with E-state index in [1.165, 1.54) is 24.3 Å². The summed E-state index contributed by atoms with van der Waals surface area (Å²) >= 11 is 0. The summed E-state index contributed by atoms with van der Waals surface area (Å²) in [5.74, 6) is 1.22. The van der Waals surface area contributed by atoms with Crippen molar-refractivity contribution < 1.29 is 17.9 Å². The molecule has 0 spiro atoms. The first-order chi connectivity index (χ1) is 19.2. The molecule has 40 heavy (non-hydrogen) atoms. The summed E-state index contributed by atoms with van der Waals surface area (Å²) in [4.78, 5) is 20.0. The average molecular weight is 554 g/mol. The van der Waals surface area contributed by atoms with E-state index in [0.29, 0.717) is 34.6 Å². The molecule has 5 aromatic rings. The minimum Gasteiger partial charge on any atom is -0.406 e. The van der Waals surface area contributed by atoms with Gasteiger partial charge in [-0.05, 0) is 43.4 Å². The molecule has 12 nitrogen and oxygen atoms in total. The molecule has 208 valence electrons. The molecule has 0 saturated carbocycles. The largest absolute Gasteiger partial charge is 0.573 e. The Labute approximate surface area is 226 Å². The molecule has 15 heteroatoms.